The Balaban J connectivity index is 2.94. The highest BCUT2D eigenvalue weighted by Gasteiger charge is 2.01. The van der Waals surface area contributed by atoms with E-state index in [4.69, 9.17) is 5.11 Å². The molecule has 0 unspecified atom stereocenters. The Hall–Kier alpha value is -1.22. The molecular formula is C9H9FO2. The Bertz CT molecular complexity index is 284. The van der Waals surface area contributed by atoms with E-state index in [-0.39, 0.29) is 13.0 Å². The van der Waals surface area contributed by atoms with E-state index in [1.54, 1.807) is 0 Å². The van der Waals surface area contributed by atoms with Crippen molar-refractivity contribution in [1.29, 1.82) is 0 Å². The molecule has 12 heavy (non-hydrogen) atoms. The minimum atomic E-state index is -0.436. The highest BCUT2D eigenvalue weighted by atomic mass is 19.1. The van der Waals surface area contributed by atoms with Crippen LogP contribution in [-0.2, 0) is 6.42 Å². The summed E-state index contributed by atoms with van der Waals surface area (Å²) in [6.07, 6.45) is 0.872. The first-order valence-electron chi connectivity index (χ1n) is 3.62. The minimum Gasteiger partial charge on any atom is -0.396 e. The van der Waals surface area contributed by atoms with Crippen LogP contribution in [0, 0.1) is 5.82 Å². The van der Waals surface area contributed by atoms with Gasteiger partial charge >= 0.3 is 0 Å². The zero-order valence-electron chi connectivity index (χ0n) is 6.46. The standard InChI is InChI=1S/C9H9FO2/c10-9-5-7(6-12)1-2-8(9)3-4-11/h1-2,5-6,11H,3-4H2. The van der Waals surface area contributed by atoms with Crippen LogP contribution in [0.4, 0.5) is 4.39 Å². The van der Waals surface area contributed by atoms with Gasteiger partial charge in [0.2, 0.25) is 0 Å². The van der Waals surface area contributed by atoms with E-state index < -0.39 is 5.82 Å². The Morgan fingerprint density at radius 1 is 1.50 bits per heavy atom. The lowest BCUT2D eigenvalue weighted by Crippen LogP contribution is -1.95. The number of rotatable bonds is 3. The van der Waals surface area contributed by atoms with Gasteiger partial charge in [0.1, 0.15) is 12.1 Å². The smallest absolute Gasteiger partial charge is 0.150 e. The Kier molecular flexibility index (Phi) is 2.94. The van der Waals surface area contributed by atoms with Gasteiger partial charge in [-0.05, 0) is 18.1 Å². The largest absolute Gasteiger partial charge is 0.396 e. The minimum absolute atomic E-state index is 0.0860. The van der Waals surface area contributed by atoms with Crippen molar-refractivity contribution in [2.24, 2.45) is 0 Å². The molecule has 64 valence electrons. The molecule has 1 aromatic carbocycles. The fourth-order valence-electron chi connectivity index (χ4n) is 0.960. The third kappa shape index (κ3) is 1.89. The number of hydrogen-bond acceptors (Lipinski definition) is 2. The van der Waals surface area contributed by atoms with E-state index >= 15 is 0 Å². The second-order valence-corrected chi connectivity index (χ2v) is 2.44. The molecule has 0 saturated carbocycles. The number of halogens is 1. The summed E-state index contributed by atoms with van der Waals surface area (Å²) in [4.78, 5) is 10.2. The lowest BCUT2D eigenvalue weighted by atomic mass is 10.1. The monoisotopic (exact) mass is 168 g/mol. The molecule has 0 heterocycles. The van der Waals surface area contributed by atoms with Crippen molar-refractivity contribution in [2.75, 3.05) is 6.61 Å². The molecule has 0 radical (unpaired) electrons. The van der Waals surface area contributed by atoms with Gasteiger partial charge in [-0.15, -0.1) is 0 Å². The van der Waals surface area contributed by atoms with Crippen LogP contribution in [0.5, 0.6) is 0 Å². The topological polar surface area (TPSA) is 37.3 Å². The number of aliphatic hydroxyl groups is 1. The molecule has 0 aliphatic carbocycles. The fourth-order valence-corrected chi connectivity index (χ4v) is 0.960. The molecule has 0 amide bonds. The Morgan fingerprint density at radius 2 is 2.25 bits per heavy atom. The van der Waals surface area contributed by atoms with Crippen LogP contribution in [0.15, 0.2) is 18.2 Å². The first kappa shape index (κ1) is 8.87. The molecule has 1 rings (SSSR count). The van der Waals surface area contributed by atoms with Gasteiger partial charge < -0.3 is 5.11 Å². The number of aldehydes is 1. The molecule has 0 aliphatic rings. The van der Waals surface area contributed by atoms with Crippen molar-refractivity contribution in [1.82, 2.24) is 0 Å². The van der Waals surface area contributed by atoms with Gasteiger partial charge in [-0.25, -0.2) is 4.39 Å². The maximum atomic E-state index is 13.0. The zero-order valence-corrected chi connectivity index (χ0v) is 6.46. The molecular weight excluding hydrogens is 159 g/mol. The molecule has 0 saturated heterocycles. The van der Waals surface area contributed by atoms with Gasteiger partial charge in [0.25, 0.3) is 0 Å². The highest BCUT2D eigenvalue weighted by molar-refractivity contribution is 5.74. The number of carbonyl (C=O) groups excluding carboxylic acids is 1. The van der Waals surface area contributed by atoms with E-state index in [0.717, 1.165) is 6.07 Å². The molecule has 0 aliphatic heterocycles. The van der Waals surface area contributed by atoms with E-state index in [1.165, 1.54) is 12.1 Å². The fraction of sp³-hybridized carbons (Fsp3) is 0.222. The Morgan fingerprint density at radius 3 is 2.75 bits per heavy atom. The first-order chi connectivity index (χ1) is 5.77. The molecule has 0 atom stereocenters. The SMILES string of the molecule is O=Cc1ccc(CCO)c(F)c1. The van der Waals surface area contributed by atoms with Gasteiger partial charge in [-0.1, -0.05) is 12.1 Å². The quantitative estimate of drug-likeness (QED) is 0.688. The van der Waals surface area contributed by atoms with Crippen LogP contribution in [0.2, 0.25) is 0 Å². The molecule has 1 N–H and O–H groups in total. The van der Waals surface area contributed by atoms with E-state index in [2.05, 4.69) is 0 Å². The van der Waals surface area contributed by atoms with Crippen LogP contribution in [0.25, 0.3) is 0 Å². The van der Waals surface area contributed by atoms with Crippen LogP contribution in [0.1, 0.15) is 15.9 Å². The molecule has 0 aromatic heterocycles. The summed E-state index contributed by atoms with van der Waals surface area (Å²) in [7, 11) is 0. The number of aliphatic hydroxyl groups excluding tert-OH is 1. The lowest BCUT2D eigenvalue weighted by molar-refractivity contribution is 0.112. The lowest BCUT2D eigenvalue weighted by Gasteiger charge is -2.00. The third-order valence-corrected chi connectivity index (χ3v) is 1.59. The average molecular weight is 168 g/mol. The zero-order chi connectivity index (χ0) is 8.97. The van der Waals surface area contributed by atoms with E-state index in [0.29, 0.717) is 17.4 Å². The van der Waals surface area contributed by atoms with Crippen LogP contribution >= 0.6 is 0 Å². The molecule has 2 nitrogen and oxygen atoms in total. The summed E-state index contributed by atoms with van der Waals surface area (Å²) in [6.45, 7) is -0.0860. The van der Waals surface area contributed by atoms with Gasteiger partial charge in [-0.2, -0.15) is 0 Å². The summed E-state index contributed by atoms with van der Waals surface area (Å²) < 4.78 is 13.0. The van der Waals surface area contributed by atoms with Crippen molar-refractivity contribution in [2.45, 2.75) is 6.42 Å². The summed E-state index contributed by atoms with van der Waals surface area (Å²) in [5, 5.41) is 8.53. The maximum absolute atomic E-state index is 13.0. The average Bonchev–Trinajstić information content (AvgIpc) is 2.09. The highest BCUT2D eigenvalue weighted by Crippen LogP contribution is 2.09. The molecule has 0 fully saturated rings. The second-order valence-electron chi connectivity index (χ2n) is 2.44. The van der Waals surface area contributed by atoms with Crippen molar-refractivity contribution in [3.63, 3.8) is 0 Å². The summed E-state index contributed by atoms with van der Waals surface area (Å²) in [5.41, 5.74) is 0.747. The van der Waals surface area contributed by atoms with Crippen LogP contribution < -0.4 is 0 Å². The normalized spacial score (nSPS) is 9.83. The molecule has 3 heteroatoms. The first-order valence-corrected chi connectivity index (χ1v) is 3.62. The molecule has 1 aromatic rings. The second kappa shape index (κ2) is 3.97. The van der Waals surface area contributed by atoms with E-state index in [1.807, 2.05) is 0 Å². The van der Waals surface area contributed by atoms with Crippen LogP contribution in [0.3, 0.4) is 0 Å². The summed E-state index contributed by atoms with van der Waals surface area (Å²) >= 11 is 0. The third-order valence-electron chi connectivity index (χ3n) is 1.59. The van der Waals surface area contributed by atoms with Gasteiger partial charge in [0.05, 0.1) is 0 Å². The van der Waals surface area contributed by atoms with Gasteiger partial charge in [-0.3, -0.25) is 4.79 Å². The maximum Gasteiger partial charge on any atom is 0.150 e. The molecule has 0 bridgehead atoms. The van der Waals surface area contributed by atoms with Crippen molar-refractivity contribution < 1.29 is 14.3 Å². The van der Waals surface area contributed by atoms with Crippen molar-refractivity contribution in [3.8, 4) is 0 Å². The van der Waals surface area contributed by atoms with Crippen molar-refractivity contribution in [3.05, 3.63) is 35.1 Å². The predicted molar refractivity (Wildman–Crippen MR) is 42.6 cm³/mol. The Labute approximate surface area is 69.6 Å². The number of hydrogen-bond donors (Lipinski definition) is 1. The molecule has 0 spiro atoms. The van der Waals surface area contributed by atoms with Gasteiger partial charge in [0.15, 0.2) is 0 Å². The summed E-state index contributed by atoms with van der Waals surface area (Å²) in [6, 6.07) is 4.20. The number of carbonyl (C=O) groups is 1. The van der Waals surface area contributed by atoms with Crippen molar-refractivity contribution >= 4 is 6.29 Å². The van der Waals surface area contributed by atoms with Gasteiger partial charge in [0, 0.05) is 12.2 Å². The predicted octanol–water partition coefficient (Wildman–Crippen LogP) is 1.17. The number of benzene rings is 1. The van der Waals surface area contributed by atoms with E-state index in [9.17, 15) is 9.18 Å². The summed E-state index contributed by atoms with van der Waals surface area (Å²) in [5.74, 6) is -0.436. The van der Waals surface area contributed by atoms with Crippen LogP contribution in [-0.4, -0.2) is 18.0 Å².